The third-order valence-electron chi connectivity index (χ3n) is 3.35. The van der Waals surface area contributed by atoms with Crippen molar-refractivity contribution in [3.05, 3.63) is 41.8 Å². The Morgan fingerprint density at radius 1 is 1.43 bits per heavy atom. The molecule has 2 aromatic rings. The Morgan fingerprint density at radius 3 is 2.95 bits per heavy atom. The van der Waals surface area contributed by atoms with Crippen LogP contribution in [0.1, 0.15) is 25.3 Å². The van der Waals surface area contributed by atoms with E-state index in [2.05, 4.69) is 11.9 Å². The maximum absolute atomic E-state index is 13.7. The maximum Gasteiger partial charge on any atom is 0.231 e. The third kappa shape index (κ3) is 4.23. The fraction of sp³-hybridized carbons (Fsp3) is 0.375. The molecule has 0 radical (unpaired) electrons. The number of hydrogen-bond donors (Lipinski definition) is 1. The largest absolute Gasteiger partial charge is 0.369 e. The summed E-state index contributed by atoms with van der Waals surface area (Å²) in [5.41, 5.74) is 6.84. The van der Waals surface area contributed by atoms with E-state index >= 15 is 0 Å². The molecule has 1 aromatic carbocycles. The van der Waals surface area contributed by atoms with Crippen molar-refractivity contribution in [1.82, 2.24) is 9.88 Å². The predicted molar refractivity (Wildman–Crippen MR) is 81.1 cm³/mol. The first-order chi connectivity index (χ1) is 10.1. The van der Waals surface area contributed by atoms with Crippen molar-refractivity contribution in [3.63, 3.8) is 0 Å². The van der Waals surface area contributed by atoms with Crippen LogP contribution in [-0.4, -0.2) is 28.9 Å². The van der Waals surface area contributed by atoms with Gasteiger partial charge < -0.3 is 5.73 Å². The zero-order chi connectivity index (χ0) is 15.2. The Morgan fingerprint density at radius 2 is 2.24 bits per heavy atom. The molecule has 4 nitrogen and oxygen atoms in total. The average molecular weight is 289 g/mol. The number of halogens is 1. The second-order valence-electron chi connectivity index (χ2n) is 5.17. The molecule has 1 aromatic heterocycles. The van der Waals surface area contributed by atoms with Crippen molar-refractivity contribution < 1.29 is 9.18 Å². The highest BCUT2D eigenvalue weighted by Gasteiger charge is 2.12. The van der Waals surface area contributed by atoms with Crippen LogP contribution < -0.4 is 5.73 Å². The fourth-order valence-electron chi connectivity index (χ4n) is 2.41. The van der Waals surface area contributed by atoms with Gasteiger partial charge in [0.1, 0.15) is 5.82 Å². The summed E-state index contributed by atoms with van der Waals surface area (Å²) in [6, 6.07) is 6.56. The SMILES string of the molecule is CCCCN(CC(N)=O)Cc1cc(F)cc2cccnc12. The van der Waals surface area contributed by atoms with E-state index in [0.29, 0.717) is 6.54 Å². The standard InChI is InChI=1S/C16H20FN3O/c1-2-3-7-20(11-15(18)21)10-13-9-14(17)8-12-5-4-6-19-16(12)13/h4-6,8-9H,2-3,7,10-11H2,1H3,(H2,18,21). The van der Waals surface area contributed by atoms with E-state index in [1.54, 1.807) is 12.3 Å². The molecule has 0 saturated heterocycles. The van der Waals surface area contributed by atoms with E-state index < -0.39 is 0 Å². The van der Waals surface area contributed by atoms with E-state index in [9.17, 15) is 9.18 Å². The van der Waals surface area contributed by atoms with Gasteiger partial charge in [-0.3, -0.25) is 14.7 Å². The van der Waals surface area contributed by atoms with Crippen LogP contribution >= 0.6 is 0 Å². The lowest BCUT2D eigenvalue weighted by molar-refractivity contribution is -0.119. The molecule has 1 heterocycles. The molecule has 2 N–H and O–H groups in total. The summed E-state index contributed by atoms with van der Waals surface area (Å²) in [5, 5.41) is 0.766. The molecule has 112 valence electrons. The first-order valence-electron chi connectivity index (χ1n) is 7.14. The molecule has 5 heteroatoms. The first-order valence-corrected chi connectivity index (χ1v) is 7.14. The van der Waals surface area contributed by atoms with Gasteiger partial charge in [-0.25, -0.2) is 4.39 Å². The first kappa shape index (κ1) is 15.4. The van der Waals surface area contributed by atoms with Gasteiger partial charge in [-0.15, -0.1) is 0 Å². The summed E-state index contributed by atoms with van der Waals surface area (Å²) < 4.78 is 13.7. The minimum Gasteiger partial charge on any atom is -0.369 e. The summed E-state index contributed by atoms with van der Waals surface area (Å²) >= 11 is 0. The highest BCUT2D eigenvalue weighted by atomic mass is 19.1. The van der Waals surface area contributed by atoms with Gasteiger partial charge in [0.25, 0.3) is 0 Å². The van der Waals surface area contributed by atoms with E-state index in [1.165, 1.54) is 12.1 Å². The van der Waals surface area contributed by atoms with Crippen LogP contribution in [0.4, 0.5) is 4.39 Å². The number of primary amides is 1. The Kier molecular flexibility index (Phi) is 5.22. The van der Waals surface area contributed by atoms with E-state index in [1.807, 2.05) is 11.0 Å². The number of benzene rings is 1. The summed E-state index contributed by atoms with van der Waals surface area (Å²) in [6.07, 6.45) is 3.68. The monoisotopic (exact) mass is 289 g/mol. The highest BCUT2D eigenvalue weighted by molar-refractivity contribution is 5.81. The van der Waals surface area contributed by atoms with Gasteiger partial charge in [0, 0.05) is 18.1 Å². The van der Waals surface area contributed by atoms with Crippen molar-refractivity contribution in [2.45, 2.75) is 26.3 Å². The molecule has 0 aliphatic heterocycles. The molecule has 21 heavy (non-hydrogen) atoms. The van der Waals surface area contributed by atoms with Crippen LogP contribution in [0.15, 0.2) is 30.5 Å². The van der Waals surface area contributed by atoms with Gasteiger partial charge in [-0.2, -0.15) is 0 Å². The second kappa shape index (κ2) is 7.13. The zero-order valence-electron chi connectivity index (χ0n) is 12.2. The summed E-state index contributed by atoms with van der Waals surface area (Å²) in [5.74, 6) is -0.667. The molecular formula is C16H20FN3O. The molecule has 0 spiro atoms. The Hall–Kier alpha value is -2.01. The lowest BCUT2D eigenvalue weighted by atomic mass is 10.1. The number of rotatable bonds is 7. The Labute approximate surface area is 123 Å². The van der Waals surface area contributed by atoms with Crippen molar-refractivity contribution in [3.8, 4) is 0 Å². The topological polar surface area (TPSA) is 59.2 Å². The molecular weight excluding hydrogens is 269 g/mol. The number of carbonyl (C=O) groups is 1. The molecule has 0 saturated carbocycles. The summed E-state index contributed by atoms with van der Waals surface area (Å²) in [6.45, 7) is 3.48. The smallest absolute Gasteiger partial charge is 0.231 e. The number of aromatic nitrogens is 1. The molecule has 0 unspecified atom stereocenters. The third-order valence-corrected chi connectivity index (χ3v) is 3.35. The van der Waals surface area contributed by atoms with Crippen molar-refractivity contribution in [2.75, 3.05) is 13.1 Å². The number of nitrogens with two attached hydrogens (primary N) is 1. The van der Waals surface area contributed by atoms with Crippen molar-refractivity contribution in [1.29, 1.82) is 0 Å². The minimum atomic E-state index is -0.375. The van der Waals surface area contributed by atoms with Crippen LogP contribution in [0.3, 0.4) is 0 Å². The average Bonchev–Trinajstić information content (AvgIpc) is 2.44. The minimum absolute atomic E-state index is 0.171. The second-order valence-corrected chi connectivity index (χ2v) is 5.17. The molecule has 0 aliphatic carbocycles. The lowest BCUT2D eigenvalue weighted by Crippen LogP contribution is -2.34. The van der Waals surface area contributed by atoms with E-state index in [-0.39, 0.29) is 18.3 Å². The molecule has 1 amide bonds. The lowest BCUT2D eigenvalue weighted by Gasteiger charge is -2.21. The van der Waals surface area contributed by atoms with Crippen LogP contribution in [-0.2, 0) is 11.3 Å². The number of nitrogens with zero attached hydrogens (tertiary/aromatic N) is 2. The van der Waals surface area contributed by atoms with Crippen molar-refractivity contribution >= 4 is 16.8 Å². The number of amides is 1. The van der Waals surface area contributed by atoms with Gasteiger partial charge in [0.15, 0.2) is 0 Å². The number of fused-ring (bicyclic) bond motifs is 1. The number of unbranched alkanes of at least 4 members (excludes halogenated alkanes) is 1. The quantitative estimate of drug-likeness (QED) is 0.851. The number of carbonyl (C=O) groups excluding carboxylic acids is 1. The van der Waals surface area contributed by atoms with Gasteiger partial charge in [0.2, 0.25) is 5.91 Å². The van der Waals surface area contributed by atoms with Crippen LogP contribution in [0, 0.1) is 5.82 Å². The van der Waals surface area contributed by atoms with Gasteiger partial charge in [0.05, 0.1) is 12.1 Å². The molecule has 2 rings (SSSR count). The molecule has 0 atom stereocenters. The molecule has 0 fully saturated rings. The summed E-state index contributed by atoms with van der Waals surface area (Å²) in [7, 11) is 0. The van der Waals surface area contributed by atoms with Crippen LogP contribution in [0.2, 0.25) is 0 Å². The Balaban J connectivity index is 2.28. The Bertz CT molecular complexity index is 630. The fourth-order valence-corrected chi connectivity index (χ4v) is 2.41. The predicted octanol–water partition coefficient (Wildman–Crippen LogP) is 2.46. The van der Waals surface area contributed by atoms with Gasteiger partial charge >= 0.3 is 0 Å². The highest BCUT2D eigenvalue weighted by Crippen LogP contribution is 2.20. The van der Waals surface area contributed by atoms with Crippen LogP contribution in [0.25, 0.3) is 10.9 Å². The maximum atomic E-state index is 13.7. The van der Waals surface area contributed by atoms with E-state index in [4.69, 9.17) is 5.73 Å². The number of pyridine rings is 1. The zero-order valence-corrected chi connectivity index (χ0v) is 12.2. The number of hydrogen-bond acceptors (Lipinski definition) is 3. The van der Waals surface area contributed by atoms with Gasteiger partial charge in [-0.1, -0.05) is 19.4 Å². The van der Waals surface area contributed by atoms with Crippen LogP contribution in [0.5, 0.6) is 0 Å². The van der Waals surface area contributed by atoms with Crippen molar-refractivity contribution in [2.24, 2.45) is 5.73 Å². The van der Waals surface area contributed by atoms with E-state index in [0.717, 1.165) is 35.9 Å². The normalized spacial score (nSPS) is 11.2. The molecule has 0 aliphatic rings. The molecule has 0 bridgehead atoms. The summed E-state index contributed by atoms with van der Waals surface area (Å²) in [4.78, 5) is 17.4. The van der Waals surface area contributed by atoms with Gasteiger partial charge in [-0.05, 0) is 36.7 Å².